The number of thioether (sulfide) groups is 1. The van der Waals surface area contributed by atoms with E-state index in [0.29, 0.717) is 16.2 Å². The third-order valence-corrected chi connectivity index (χ3v) is 5.84. The van der Waals surface area contributed by atoms with Gasteiger partial charge in [0, 0.05) is 16.3 Å². The molecule has 2 aromatic rings. The third kappa shape index (κ3) is 5.97. The molecule has 130 valence electrons. The minimum absolute atomic E-state index is 0.114. The van der Waals surface area contributed by atoms with Crippen molar-refractivity contribution < 1.29 is 22.0 Å². The Morgan fingerprint density at radius 1 is 1.21 bits per heavy atom. The van der Waals surface area contributed by atoms with E-state index < -0.39 is 21.7 Å². The number of Topliss-reactive ketones (excluding diaryl/α,β-unsaturated/α-hetero) is 1. The third-order valence-electron chi connectivity index (χ3n) is 2.93. The van der Waals surface area contributed by atoms with Crippen LogP contribution in [0.4, 0.5) is 8.78 Å². The van der Waals surface area contributed by atoms with Gasteiger partial charge < -0.3 is 0 Å². The van der Waals surface area contributed by atoms with Crippen molar-refractivity contribution in [2.75, 3.05) is 18.6 Å². The molecule has 1 N–H and O–H groups in total. The highest BCUT2D eigenvalue weighted by Gasteiger charge is 2.11. The van der Waals surface area contributed by atoms with E-state index >= 15 is 0 Å². The summed E-state index contributed by atoms with van der Waals surface area (Å²) in [6, 6.07) is 6.98. The van der Waals surface area contributed by atoms with E-state index in [1.165, 1.54) is 17.4 Å². The molecule has 0 amide bonds. The Balaban J connectivity index is 1.87. The lowest BCUT2D eigenvalue weighted by Gasteiger charge is -2.01. The summed E-state index contributed by atoms with van der Waals surface area (Å²) >= 11 is 2.44. The average Bonchev–Trinajstić information content (AvgIpc) is 2.96. The molecular weight excluding hydrogens is 376 g/mol. The van der Waals surface area contributed by atoms with Gasteiger partial charge in [-0.3, -0.25) is 4.79 Å². The molecule has 1 aromatic heterocycles. The number of hydrogen-bond donors (Lipinski definition) is 1. The van der Waals surface area contributed by atoms with Crippen LogP contribution in [0.3, 0.4) is 0 Å². The zero-order valence-corrected chi connectivity index (χ0v) is 15.2. The molecule has 9 heteroatoms. The van der Waals surface area contributed by atoms with Crippen LogP contribution in [-0.4, -0.2) is 32.8 Å². The molecule has 0 aliphatic carbocycles. The molecule has 0 aliphatic heterocycles. The first-order valence-corrected chi connectivity index (χ1v) is 10.6. The van der Waals surface area contributed by atoms with Gasteiger partial charge in [-0.15, -0.1) is 23.1 Å². The summed E-state index contributed by atoms with van der Waals surface area (Å²) < 4.78 is 50.3. The van der Waals surface area contributed by atoms with Gasteiger partial charge in [0.25, 0.3) is 0 Å². The molecule has 2 rings (SSSR count). The van der Waals surface area contributed by atoms with Gasteiger partial charge in [-0.1, -0.05) is 0 Å². The SMILES string of the molecule is CS(=O)(=O)NCCc1ccc(C(=O)CSc2ccc(F)c(F)c2)s1. The molecule has 0 spiro atoms. The van der Waals surface area contributed by atoms with Crippen molar-refractivity contribution in [3.63, 3.8) is 0 Å². The van der Waals surface area contributed by atoms with Gasteiger partial charge in [-0.25, -0.2) is 21.9 Å². The number of rotatable bonds is 8. The van der Waals surface area contributed by atoms with Crippen molar-refractivity contribution in [3.05, 3.63) is 51.7 Å². The highest BCUT2D eigenvalue weighted by atomic mass is 32.2. The van der Waals surface area contributed by atoms with E-state index in [4.69, 9.17) is 0 Å². The fourth-order valence-corrected chi connectivity index (χ4v) is 4.12. The number of thiophene rings is 1. The largest absolute Gasteiger partial charge is 0.292 e. The first-order chi connectivity index (χ1) is 11.2. The van der Waals surface area contributed by atoms with Gasteiger partial charge in [-0.2, -0.15) is 0 Å². The summed E-state index contributed by atoms with van der Waals surface area (Å²) in [7, 11) is -3.22. The minimum Gasteiger partial charge on any atom is -0.292 e. The second-order valence-electron chi connectivity index (χ2n) is 4.97. The maximum atomic E-state index is 13.1. The van der Waals surface area contributed by atoms with E-state index in [1.807, 2.05) is 0 Å². The fourth-order valence-electron chi connectivity index (χ4n) is 1.81. The second-order valence-corrected chi connectivity index (χ2v) is 9.02. The minimum atomic E-state index is -3.22. The van der Waals surface area contributed by atoms with Gasteiger partial charge in [0.05, 0.1) is 16.9 Å². The Labute approximate surface area is 147 Å². The lowest BCUT2D eigenvalue weighted by molar-refractivity contribution is 0.102. The van der Waals surface area contributed by atoms with Crippen LogP contribution in [0.1, 0.15) is 14.5 Å². The van der Waals surface area contributed by atoms with Crippen LogP contribution in [0.2, 0.25) is 0 Å². The predicted octanol–water partition coefficient (Wildman–Crippen LogP) is 3.09. The summed E-state index contributed by atoms with van der Waals surface area (Å²) in [6.07, 6.45) is 1.59. The van der Waals surface area contributed by atoms with Crippen molar-refractivity contribution in [3.8, 4) is 0 Å². The quantitative estimate of drug-likeness (QED) is 0.555. The van der Waals surface area contributed by atoms with E-state index in [1.54, 1.807) is 12.1 Å². The van der Waals surface area contributed by atoms with Crippen molar-refractivity contribution in [2.45, 2.75) is 11.3 Å². The number of sulfonamides is 1. The van der Waals surface area contributed by atoms with Crippen molar-refractivity contribution >= 4 is 38.9 Å². The highest BCUT2D eigenvalue weighted by Crippen LogP contribution is 2.24. The first kappa shape index (κ1) is 19.0. The zero-order valence-electron chi connectivity index (χ0n) is 12.7. The molecule has 24 heavy (non-hydrogen) atoms. The molecule has 0 saturated carbocycles. The van der Waals surface area contributed by atoms with Gasteiger partial charge in [-0.05, 0) is 36.8 Å². The molecule has 0 unspecified atom stereocenters. The van der Waals surface area contributed by atoms with Crippen molar-refractivity contribution in [1.29, 1.82) is 0 Å². The molecule has 0 atom stereocenters. The maximum Gasteiger partial charge on any atom is 0.208 e. The van der Waals surface area contributed by atoms with Crippen LogP contribution in [0, 0.1) is 11.6 Å². The van der Waals surface area contributed by atoms with Gasteiger partial charge in [0.2, 0.25) is 10.0 Å². The number of carbonyl (C=O) groups is 1. The topological polar surface area (TPSA) is 63.2 Å². The lowest BCUT2D eigenvalue weighted by atomic mass is 10.3. The summed E-state index contributed by atoms with van der Waals surface area (Å²) in [5.74, 6) is -1.86. The molecule has 0 saturated heterocycles. The van der Waals surface area contributed by atoms with E-state index in [-0.39, 0.29) is 18.1 Å². The van der Waals surface area contributed by atoms with E-state index in [2.05, 4.69) is 4.72 Å². The zero-order chi connectivity index (χ0) is 17.7. The standard InChI is InChI=1S/C15H15F2NO3S3/c1-24(20,21)18-7-6-10-3-5-15(23-10)14(19)9-22-11-2-4-12(16)13(17)8-11/h2-5,8,18H,6-7,9H2,1H3. The maximum absolute atomic E-state index is 13.1. The van der Waals surface area contributed by atoms with Gasteiger partial charge in [0.15, 0.2) is 17.4 Å². The van der Waals surface area contributed by atoms with Crippen molar-refractivity contribution in [1.82, 2.24) is 4.72 Å². The highest BCUT2D eigenvalue weighted by molar-refractivity contribution is 8.00. The Morgan fingerprint density at radius 3 is 2.62 bits per heavy atom. The van der Waals surface area contributed by atoms with Gasteiger partial charge >= 0.3 is 0 Å². The van der Waals surface area contributed by atoms with Crippen LogP contribution < -0.4 is 4.72 Å². The number of halogens is 2. The lowest BCUT2D eigenvalue weighted by Crippen LogP contribution is -2.23. The Morgan fingerprint density at radius 2 is 1.96 bits per heavy atom. The van der Waals surface area contributed by atoms with Crippen LogP contribution in [0.5, 0.6) is 0 Å². The Bertz CT molecular complexity index is 834. The number of benzene rings is 1. The summed E-state index contributed by atoms with van der Waals surface area (Å²) in [5.41, 5.74) is 0. The molecule has 1 aromatic carbocycles. The molecule has 0 aliphatic rings. The summed E-state index contributed by atoms with van der Waals surface area (Å²) in [4.78, 5) is 14.1. The Kier molecular flexibility index (Phi) is 6.50. The monoisotopic (exact) mass is 391 g/mol. The molecule has 1 heterocycles. The van der Waals surface area contributed by atoms with Crippen LogP contribution in [0.25, 0.3) is 0 Å². The number of carbonyl (C=O) groups excluding carboxylic acids is 1. The summed E-state index contributed by atoms with van der Waals surface area (Å²) in [5, 5.41) is 0. The number of hydrogen-bond acceptors (Lipinski definition) is 5. The van der Waals surface area contributed by atoms with Crippen LogP contribution >= 0.6 is 23.1 Å². The number of nitrogens with one attached hydrogen (secondary N) is 1. The van der Waals surface area contributed by atoms with E-state index in [0.717, 1.165) is 35.0 Å². The summed E-state index contributed by atoms with van der Waals surface area (Å²) in [6.45, 7) is 0.274. The van der Waals surface area contributed by atoms with E-state index in [9.17, 15) is 22.0 Å². The van der Waals surface area contributed by atoms with Crippen LogP contribution in [0.15, 0.2) is 35.2 Å². The molecule has 4 nitrogen and oxygen atoms in total. The molecule has 0 bridgehead atoms. The molecular formula is C15H15F2NO3S3. The fraction of sp³-hybridized carbons (Fsp3) is 0.267. The van der Waals surface area contributed by atoms with Gasteiger partial charge in [0.1, 0.15) is 0 Å². The normalized spacial score (nSPS) is 11.6. The first-order valence-electron chi connectivity index (χ1n) is 6.89. The van der Waals surface area contributed by atoms with Crippen LogP contribution in [-0.2, 0) is 16.4 Å². The number of ketones is 1. The molecule has 0 radical (unpaired) electrons. The average molecular weight is 391 g/mol. The van der Waals surface area contributed by atoms with Crippen molar-refractivity contribution in [2.24, 2.45) is 0 Å². The smallest absolute Gasteiger partial charge is 0.208 e. The second kappa shape index (κ2) is 8.19. The molecule has 0 fully saturated rings. The Hall–Kier alpha value is -1.29. The predicted molar refractivity (Wildman–Crippen MR) is 92.3 cm³/mol.